The summed E-state index contributed by atoms with van der Waals surface area (Å²) in [5.74, 6) is 3.12. The average Bonchev–Trinajstić information content (AvgIpc) is 3.12. The molecule has 2 aliphatic rings. The summed E-state index contributed by atoms with van der Waals surface area (Å²) in [6.07, 6.45) is 1.49. The van der Waals surface area contributed by atoms with E-state index in [1.54, 1.807) is 14.2 Å². The van der Waals surface area contributed by atoms with Crippen molar-refractivity contribution in [3.05, 3.63) is 23.8 Å². The van der Waals surface area contributed by atoms with Crippen LogP contribution < -0.4 is 14.8 Å². The second-order valence-corrected chi connectivity index (χ2v) is 8.02. The molecule has 27 heavy (non-hydrogen) atoms. The summed E-state index contributed by atoms with van der Waals surface area (Å²) in [7, 11) is 5.42. The van der Waals surface area contributed by atoms with Gasteiger partial charge in [0.2, 0.25) is 0 Å². The number of aliphatic imine (C=N–C) groups is 1. The van der Waals surface area contributed by atoms with Crippen LogP contribution in [0.5, 0.6) is 11.5 Å². The minimum absolute atomic E-state index is 0.119. The van der Waals surface area contributed by atoms with Gasteiger partial charge in [-0.1, -0.05) is 13.8 Å². The number of hydrogen-bond donors (Lipinski definition) is 1. The predicted octanol–water partition coefficient (Wildman–Crippen LogP) is 2.91. The fourth-order valence-electron chi connectivity index (χ4n) is 4.50. The van der Waals surface area contributed by atoms with E-state index in [1.165, 1.54) is 0 Å². The van der Waals surface area contributed by atoms with Crippen molar-refractivity contribution in [1.29, 1.82) is 0 Å². The third-order valence-electron chi connectivity index (χ3n) is 5.96. The van der Waals surface area contributed by atoms with E-state index in [4.69, 9.17) is 19.2 Å². The third kappa shape index (κ3) is 3.72. The van der Waals surface area contributed by atoms with Gasteiger partial charge >= 0.3 is 0 Å². The zero-order valence-electron chi connectivity index (χ0n) is 17.4. The number of hydrogen-bond acceptors (Lipinski definition) is 4. The van der Waals surface area contributed by atoms with Crippen LogP contribution in [0.25, 0.3) is 0 Å². The largest absolute Gasteiger partial charge is 0.497 e. The summed E-state index contributed by atoms with van der Waals surface area (Å²) in [5.41, 5.74) is 1.22. The van der Waals surface area contributed by atoms with E-state index < -0.39 is 0 Å². The molecule has 2 fully saturated rings. The van der Waals surface area contributed by atoms with Gasteiger partial charge in [-0.15, -0.1) is 0 Å². The van der Waals surface area contributed by atoms with Crippen LogP contribution in [0.15, 0.2) is 23.2 Å². The number of rotatable bonds is 6. The summed E-state index contributed by atoms with van der Waals surface area (Å²) < 4.78 is 16.8. The highest BCUT2D eigenvalue weighted by Gasteiger charge is 2.59. The molecular formula is C21H33N3O3. The Hall–Kier alpha value is -1.95. The number of methoxy groups -OCH3 is 2. The highest BCUT2D eigenvalue weighted by molar-refractivity contribution is 5.80. The smallest absolute Gasteiger partial charge is 0.194 e. The first-order valence-electron chi connectivity index (χ1n) is 9.77. The van der Waals surface area contributed by atoms with Gasteiger partial charge in [0.25, 0.3) is 0 Å². The monoisotopic (exact) mass is 375 g/mol. The van der Waals surface area contributed by atoms with E-state index in [2.05, 4.69) is 38.0 Å². The van der Waals surface area contributed by atoms with E-state index in [0.717, 1.165) is 42.6 Å². The van der Waals surface area contributed by atoms with Gasteiger partial charge in [-0.2, -0.15) is 0 Å². The van der Waals surface area contributed by atoms with Gasteiger partial charge in [0.1, 0.15) is 11.5 Å². The fourth-order valence-corrected chi connectivity index (χ4v) is 4.50. The average molecular weight is 376 g/mol. The highest BCUT2D eigenvalue weighted by Crippen LogP contribution is 2.52. The first-order valence-corrected chi connectivity index (χ1v) is 9.77. The molecule has 0 bridgehead atoms. The molecule has 1 N–H and O–H groups in total. The molecular weight excluding hydrogens is 342 g/mol. The van der Waals surface area contributed by atoms with Crippen molar-refractivity contribution in [3.63, 3.8) is 0 Å². The van der Waals surface area contributed by atoms with Crippen molar-refractivity contribution in [2.24, 2.45) is 16.3 Å². The molecule has 0 radical (unpaired) electrons. The van der Waals surface area contributed by atoms with E-state index in [1.807, 2.05) is 18.2 Å². The Bertz CT molecular complexity index is 689. The van der Waals surface area contributed by atoms with Crippen LogP contribution in [-0.2, 0) is 11.3 Å². The molecule has 1 saturated heterocycles. The molecule has 150 valence electrons. The minimum Gasteiger partial charge on any atom is -0.497 e. The number of guanidine groups is 1. The molecule has 1 heterocycles. The molecule has 3 rings (SSSR count). The summed E-state index contributed by atoms with van der Waals surface area (Å²) in [6, 6.07) is 6.32. The van der Waals surface area contributed by atoms with Crippen LogP contribution >= 0.6 is 0 Å². The van der Waals surface area contributed by atoms with Crippen LogP contribution in [0, 0.1) is 11.3 Å². The molecule has 1 aliphatic heterocycles. The number of nitrogens with zero attached hydrogens (tertiary/aromatic N) is 2. The van der Waals surface area contributed by atoms with Gasteiger partial charge in [-0.3, -0.25) is 4.99 Å². The van der Waals surface area contributed by atoms with Gasteiger partial charge in [-0.25, -0.2) is 0 Å². The number of ether oxygens (including phenoxy) is 3. The van der Waals surface area contributed by atoms with Crippen LogP contribution in [0.1, 0.15) is 32.8 Å². The van der Waals surface area contributed by atoms with Gasteiger partial charge in [-0.05, 0) is 25.5 Å². The van der Waals surface area contributed by atoms with Crippen molar-refractivity contribution in [3.8, 4) is 11.5 Å². The molecule has 6 nitrogen and oxygen atoms in total. The molecule has 0 aromatic heterocycles. The quantitative estimate of drug-likeness (QED) is 0.612. The Kier molecular flexibility index (Phi) is 5.84. The second-order valence-electron chi connectivity index (χ2n) is 8.02. The van der Waals surface area contributed by atoms with Crippen LogP contribution in [-0.4, -0.2) is 57.4 Å². The maximum atomic E-state index is 5.93. The van der Waals surface area contributed by atoms with Gasteiger partial charge in [0, 0.05) is 55.7 Å². The van der Waals surface area contributed by atoms with Crippen LogP contribution in [0.4, 0.5) is 0 Å². The molecule has 6 heteroatoms. The normalized spacial score (nSPS) is 26.1. The van der Waals surface area contributed by atoms with Crippen molar-refractivity contribution in [2.75, 3.05) is 34.4 Å². The Morgan fingerprint density at radius 3 is 2.78 bits per heavy atom. The van der Waals surface area contributed by atoms with Crippen molar-refractivity contribution < 1.29 is 14.2 Å². The van der Waals surface area contributed by atoms with E-state index in [9.17, 15) is 0 Å². The van der Waals surface area contributed by atoms with E-state index in [-0.39, 0.29) is 5.41 Å². The summed E-state index contributed by atoms with van der Waals surface area (Å²) >= 11 is 0. The minimum atomic E-state index is 0.119. The number of fused-ring (bicyclic) bond motifs is 1. The third-order valence-corrected chi connectivity index (χ3v) is 5.96. The second kappa shape index (κ2) is 7.97. The number of benzene rings is 1. The van der Waals surface area contributed by atoms with Crippen molar-refractivity contribution in [1.82, 2.24) is 10.2 Å². The lowest BCUT2D eigenvalue weighted by Gasteiger charge is -2.55. The Labute approximate surface area is 162 Å². The fraction of sp³-hybridized carbons (Fsp3) is 0.667. The molecule has 0 spiro atoms. The van der Waals surface area contributed by atoms with Crippen molar-refractivity contribution >= 4 is 5.96 Å². The zero-order valence-corrected chi connectivity index (χ0v) is 17.4. The highest BCUT2D eigenvalue weighted by atomic mass is 16.5. The Morgan fingerprint density at radius 1 is 1.33 bits per heavy atom. The first-order chi connectivity index (χ1) is 12.9. The zero-order chi connectivity index (χ0) is 19.6. The molecule has 0 amide bonds. The Balaban J connectivity index is 1.73. The lowest BCUT2D eigenvalue weighted by molar-refractivity contribution is -0.107. The summed E-state index contributed by atoms with van der Waals surface area (Å²) in [6.45, 7) is 8.95. The molecule has 1 aromatic carbocycles. The predicted molar refractivity (Wildman–Crippen MR) is 108 cm³/mol. The number of nitrogens with one attached hydrogen (secondary N) is 1. The van der Waals surface area contributed by atoms with Gasteiger partial charge in [0.15, 0.2) is 5.96 Å². The molecule has 3 atom stereocenters. The standard InChI is InChI=1S/C21H33N3O3/c1-7-22-20(23-18-16-10-11-27-19(16)21(18,2)3)24(4)13-14-8-9-15(25-5)12-17(14)26-6/h8-9,12,16,18-19H,7,10-11,13H2,1-6H3,(H,22,23). The van der Waals surface area contributed by atoms with Gasteiger partial charge < -0.3 is 24.4 Å². The molecule has 1 aliphatic carbocycles. The van der Waals surface area contributed by atoms with E-state index in [0.29, 0.717) is 24.6 Å². The lowest BCUT2D eigenvalue weighted by atomic mass is 9.57. The van der Waals surface area contributed by atoms with Crippen LogP contribution in [0.3, 0.4) is 0 Å². The summed E-state index contributed by atoms with van der Waals surface area (Å²) in [4.78, 5) is 6.90. The maximum Gasteiger partial charge on any atom is 0.194 e. The lowest BCUT2D eigenvalue weighted by Crippen LogP contribution is -2.67. The van der Waals surface area contributed by atoms with Gasteiger partial charge in [0.05, 0.1) is 20.3 Å². The maximum absolute atomic E-state index is 5.93. The molecule has 3 unspecified atom stereocenters. The van der Waals surface area contributed by atoms with Crippen molar-refractivity contribution in [2.45, 2.75) is 45.9 Å². The molecule has 1 saturated carbocycles. The topological polar surface area (TPSA) is 55.3 Å². The van der Waals surface area contributed by atoms with Crippen LogP contribution in [0.2, 0.25) is 0 Å². The van der Waals surface area contributed by atoms with E-state index >= 15 is 0 Å². The first kappa shape index (κ1) is 19.8. The SMILES string of the molecule is CCN=C(NC1C2CCOC2C1(C)C)N(C)Cc1ccc(OC)cc1OC. The molecule has 1 aromatic rings. The summed E-state index contributed by atoms with van der Waals surface area (Å²) in [5, 5.41) is 3.73. The Morgan fingerprint density at radius 2 is 2.11 bits per heavy atom.